The summed E-state index contributed by atoms with van der Waals surface area (Å²) >= 11 is 1.36. The molecule has 218 valence electrons. The normalized spacial score (nSPS) is 12.2. The topological polar surface area (TPSA) is 115 Å². The number of anilines is 2. The second kappa shape index (κ2) is 14.1. The summed E-state index contributed by atoms with van der Waals surface area (Å²) in [5, 5.41) is 8.43. The van der Waals surface area contributed by atoms with Gasteiger partial charge in [-0.05, 0) is 72.3 Å². The Kier molecular flexibility index (Phi) is 9.60. The molecule has 9 nitrogen and oxygen atoms in total. The van der Waals surface area contributed by atoms with Crippen molar-refractivity contribution in [2.75, 3.05) is 36.7 Å². The third-order valence-corrected chi connectivity index (χ3v) is 7.25. The molecule has 4 aromatic carbocycles. The lowest BCUT2D eigenvalue weighted by molar-refractivity contribution is -0.114. The number of hydrogen-bond acceptors (Lipinski definition) is 7. The Morgan fingerprint density at radius 1 is 0.814 bits per heavy atom. The van der Waals surface area contributed by atoms with Crippen molar-refractivity contribution in [3.63, 3.8) is 0 Å². The van der Waals surface area contributed by atoms with Gasteiger partial charge < -0.3 is 30.2 Å². The molecule has 5 rings (SSSR count). The fourth-order valence-corrected chi connectivity index (χ4v) is 4.84. The molecule has 3 N–H and O–H groups in total. The van der Waals surface area contributed by atoms with Gasteiger partial charge in [-0.2, -0.15) is 0 Å². The number of hydrogen-bond donors (Lipinski definition) is 3. The molecule has 0 bridgehead atoms. The molecule has 0 radical (unpaired) electrons. The van der Waals surface area contributed by atoms with E-state index in [1.807, 2.05) is 18.2 Å². The van der Waals surface area contributed by atoms with Crippen molar-refractivity contribution in [1.29, 1.82) is 0 Å². The predicted molar refractivity (Wildman–Crippen MR) is 167 cm³/mol. The molecule has 4 aromatic rings. The second-order valence-corrected chi connectivity index (χ2v) is 10.4. The van der Waals surface area contributed by atoms with Crippen LogP contribution in [0.25, 0.3) is 6.08 Å². The highest BCUT2D eigenvalue weighted by atomic mass is 32.2. The minimum Gasteiger partial charge on any atom is -0.497 e. The summed E-state index contributed by atoms with van der Waals surface area (Å²) < 4.78 is 16.4. The number of rotatable bonds is 10. The summed E-state index contributed by atoms with van der Waals surface area (Å²) in [6, 6.07) is 28.2. The number of nitrogens with one attached hydrogen (secondary N) is 3. The zero-order valence-corrected chi connectivity index (χ0v) is 24.1. The maximum Gasteiger partial charge on any atom is 0.272 e. The van der Waals surface area contributed by atoms with E-state index in [2.05, 4.69) is 16.0 Å². The van der Waals surface area contributed by atoms with Crippen molar-refractivity contribution in [3.8, 4) is 17.2 Å². The molecule has 0 saturated carbocycles. The van der Waals surface area contributed by atoms with Gasteiger partial charge in [0.1, 0.15) is 24.7 Å². The fraction of sp³-hybridized carbons (Fsp3) is 0.121. The van der Waals surface area contributed by atoms with E-state index in [0.717, 1.165) is 4.90 Å². The number of thioether (sulfide) groups is 1. The first-order valence-corrected chi connectivity index (χ1v) is 14.4. The minimum atomic E-state index is -0.494. The lowest BCUT2D eigenvalue weighted by Gasteiger charge is -2.19. The zero-order valence-electron chi connectivity index (χ0n) is 23.3. The molecule has 0 aliphatic carbocycles. The summed E-state index contributed by atoms with van der Waals surface area (Å²) in [5.74, 6) is 1.01. The van der Waals surface area contributed by atoms with E-state index in [0.29, 0.717) is 53.0 Å². The Hall–Kier alpha value is -5.22. The first kappa shape index (κ1) is 29.3. The van der Waals surface area contributed by atoms with E-state index in [4.69, 9.17) is 14.2 Å². The highest BCUT2D eigenvalue weighted by Gasteiger charge is 2.16. The average Bonchev–Trinajstić information content (AvgIpc) is 3.04. The number of amides is 3. The van der Waals surface area contributed by atoms with Gasteiger partial charge in [0, 0.05) is 27.9 Å². The standard InChI is InChI=1S/C33H29N3O6S/c1-40-26-9-5-6-22(18-26)19-28(36-32(38)23-7-3-2-4-8-23)33(39)35-24-10-13-27(14-11-24)43-21-31(37)34-25-12-15-29-30(20-25)42-17-16-41-29/h2-15,18-20H,16-17,21H2,1H3,(H,34,37)(H,35,39)(H,36,38)/b28-19-. The van der Waals surface area contributed by atoms with Gasteiger partial charge >= 0.3 is 0 Å². The lowest BCUT2D eigenvalue weighted by atomic mass is 10.1. The molecule has 0 fully saturated rings. The van der Waals surface area contributed by atoms with Crippen molar-refractivity contribution >= 4 is 46.9 Å². The lowest BCUT2D eigenvalue weighted by Crippen LogP contribution is -2.30. The van der Waals surface area contributed by atoms with Crippen molar-refractivity contribution in [2.45, 2.75) is 4.90 Å². The van der Waals surface area contributed by atoms with Gasteiger partial charge in [0.15, 0.2) is 11.5 Å². The summed E-state index contributed by atoms with van der Waals surface area (Å²) in [6.45, 7) is 0.975. The summed E-state index contributed by atoms with van der Waals surface area (Å²) in [6.07, 6.45) is 1.59. The Labute approximate surface area is 253 Å². The van der Waals surface area contributed by atoms with E-state index in [-0.39, 0.29) is 17.4 Å². The molecule has 0 spiro atoms. The Morgan fingerprint density at radius 2 is 1.56 bits per heavy atom. The maximum absolute atomic E-state index is 13.3. The first-order valence-electron chi connectivity index (χ1n) is 13.4. The number of carbonyl (C=O) groups excluding carboxylic acids is 3. The van der Waals surface area contributed by atoms with Gasteiger partial charge in [-0.15, -0.1) is 11.8 Å². The number of ether oxygens (including phenoxy) is 3. The predicted octanol–water partition coefficient (Wildman–Crippen LogP) is 5.61. The number of fused-ring (bicyclic) bond motifs is 1. The Morgan fingerprint density at radius 3 is 2.33 bits per heavy atom. The SMILES string of the molecule is COc1cccc(/C=C(\NC(=O)c2ccccc2)C(=O)Nc2ccc(SCC(=O)Nc3ccc4c(c3)OCCO4)cc2)c1. The van der Waals surface area contributed by atoms with Gasteiger partial charge in [-0.3, -0.25) is 14.4 Å². The van der Waals surface area contributed by atoms with E-state index < -0.39 is 11.8 Å². The van der Waals surface area contributed by atoms with E-state index in [9.17, 15) is 14.4 Å². The van der Waals surface area contributed by atoms with E-state index >= 15 is 0 Å². The number of carbonyl (C=O) groups is 3. The highest BCUT2D eigenvalue weighted by molar-refractivity contribution is 8.00. The van der Waals surface area contributed by atoms with Crippen LogP contribution in [0.15, 0.2) is 108 Å². The minimum absolute atomic E-state index is 0.0661. The van der Waals surface area contributed by atoms with E-state index in [1.165, 1.54) is 11.8 Å². The van der Waals surface area contributed by atoms with Crippen LogP contribution in [-0.4, -0.2) is 43.8 Å². The molecule has 0 atom stereocenters. The van der Waals surface area contributed by atoms with Crippen LogP contribution in [0.5, 0.6) is 17.2 Å². The molecule has 0 aromatic heterocycles. The fourth-order valence-electron chi connectivity index (χ4n) is 4.14. The van der Waals surface area contributed by atoms with Gasteiger partial charge in [0.2, 0.25) is 5.91 Å². The van der Waals surface area contributed by atoms with Gasteiger partial charge in [0.05, 0.1) is 12.9 Å². The van der Waals surface area contributed by atoms with Crippen LogP contribution in [0, 0.1) is 0 Å². The van der Waals surface area contributed by atoms with Gasteiger partial charge in [-0.1, -0.05) is 30.3 Å². The van der Waals surface area contributed by atoms with Crippen LogP contribution in [0.2, 0.25) is 0 Å². The average molecular weight is 596 g/mol. The maximum atomic E-state index is 13.3. The van der Waals surface area contributed by atoms with Gasteiger partial charge in [-0.25, -0.2) is 0 Å². The quantitative estimate of drug-likeness (QED) is 0.161. The third-order valence-electron chi connectivity index (χ3n) is 6.24. The van der Waals surface area contributed by atoms with Crippen LogP contribution in [0.3, 0.4) is 0 Å². The molecule has 10 heteroatoms. The first-order chi connectivity index (χ1) is 21.0. The molecule has 0 saturated heterocycles. The molecule has 0 unspecified atom stereocenters. The van der Waals surface area contributed by atoms with Crippen molar-refractivity contribution in [3.05, 3.63) is 114 Å². The third kappa shape index (κ3) is 8.17. The van der Waals surface area contributed by atoms with Crippen LogP contribution < -0.4 is 30.2 Å². The van der Waals surface area contributed by atoms with Crippen LogP contribution in [0.4, 0.5) is 11.4 Å². The number of methoxy groups -OCH3 is 1. The number of benzene rings is 4. The summed E-state index contributed by atoms with van der Waals surface area (Å²) in [5.41, 5.74) is 2.33. The zero-order chi connectivity index (χ0) is 30.0. The highest BCUT2D eigenvalue weighted by Crippen LogP contribution is 2.32. The van der Waals surface area contributed by atoms with Crippen LogP contribution >= 0.6 is 11.8 Å². The van der Waals surface area contributed by atoms with Crippen LogP contribution in [0.1, 0.15) is 15.9 Å². The van der Waals surface area contributed by atoms with Gasteiger partial charge in [0.25, 0.3) is 11.8 Å². The summed E-state index contributed by atoms with van der Waals surface area (Å²) in [7, 11) is 1.56. The van der Waals surface area contributed by atoms with E-state index in [1.54, 1.807) is 92.0 Å². The molecule has 1 aliphatic heterocycles. The Balaban J connectivity index is 1.21. The monoisotopic (exact) mass is 595 g/mol. The Bertz CT molecular complexity index is 1640. The molecule has 1 heterocycles. The smallest absolute Gasteiger partial charge is 0.272 e. The van der Waals surface area contributed by atoms with Crippen molar-refractivity contribution in [2.24, 2.45) is 0 Å². The second-order valence-electron chi connectivity index (χ2n) is 9.33. The largest absolute Gasteiger partial charge is 0.497 e. The molecule has 3 amide bonds. The summed E-state index contributed by atoms with van der Waals surface area (Å²) in [4.78, 5) is 39.5. The molecular formula is C33H29N3O6S. The molecular weight excluding hydrogens is 566 g/mol. The molecule has 1 aliphatic rings. The van der Waals surface area contributed by atoms with Crippen LogP contribution in [-0.2, 0) is 9.59 Å². The molecule has 43 heavy (non-hydrogen) atoms. The van der Waals surface area contributed by atoms with Crippen molar-refractivity contribution in [1.82, 2.24) is 5.32 Å². The van der Waals surface area contributed by atoms with Crippen molar-refractivity contribution < 1.29 is 28.6 Å².